The monoisotopic (exact) mass is 433 g/mol. The van der Waals surface area contributed by atoms with Gasteiger partial charge in [-0.2, -0.15) is 0 Å². The average molecular weight is 434 g/mol. The van der Waals surface area contributed by atoms with E-state index in [2.05, 4.69) is 107 Å². The van der Waals surface area contributed by atoms with Crippen molar-refractivity contribution < 1.29 is 4.74 Å². The maximum absolute atomic E-state index is 5.69. The van der Waals surface area contributed by atoms with Crippen LogP contribution in [0.5, 0.6) is 5.75 Å². The minimum Gasteiger partial charge on any atom is -0.493 e. The lowest BCUT2D eigenvalue weighted by molar-refractivity contribution is 0.345. The lowest BCUT2D eigenvalue weighted by atomic mass is 10.1. The number of halogens is 1. The number of fused-ring (bicyclic) bond motifs is 1. The number of nitrogens with zero attached hydrogens (tertiary/aromatic N) is 1. The number of alkyl halides is 1. The topological polar surface area (TPSA) is 14.2 Å². The van der Waals surface area contributed by atoms with Crippen LogP contribution in [0.15, 0.2) is 72.8 Å². The van der Waals surface area contributed by atoms with Gasteiger partial charge < -0.3 is 9.30 Å². The van der Waals surface area contributed by atoms with Crippen molar-refractivity contribution in [2.75, 3.05) is 11.9 Å². The van der Waals surface area contributed by atoms with Crippen molar-refractivity contribution in [3.05, 3.63) is 89.5 Å². The third-order valence-electron chi connectivity index (χ3n) is 5.13. The first kappa shape index (κ1) is 18.8. The van der Waals surface area contributed by atoms with Crippen LogP contribution in [-0.4, -0.2) is 16.5 Å². The Bertz CT molecular complexity index is 1080. The van der Waals surface area contributed by atoms with Crippen molar-refractivity contribution in [1.82, 2.24) is 4.57 Å². The molecule has 0 fully saturated rings. The van der Waals surface area contributed by atoms with Gasteiger partial charge in [0.2, 0.25) is 0 Å². The molecule has 1 aromatic heterocycles. The van der Waals surface area contributed by atoms with Gasteiger partial charge >= 0.3 is 0 Å². The first-order chi connectivity index (χ1) is 13.7. The quantitative estimate of drug-likeness (QED) is 0.306. The lowest BCUT2D eigenvalue weighted by Crippen LogP contribution is -2.03. The molecule has 0 bridgehead atoms. The summed E-state index contributed by atoms with van der Waals surface area (Å²) in [6, 6.07) is 25.9. The van der Waals surface area contributed by atoms with Gasteiger partial charge in [-0.25, -0.2) is 0 Å². The predicted molar refractivity (Wildman–Crippen MR) is 122 cm³/mol. The molecule has 0 N–H and O–H groups in total. The molecule has 0 atom stereocenters. The van der Waals surface area contributed by atoms with Gasteiger partial charge in [0.1, 0.15) is 5.75 Å². The Morgan fingerprint density at radius 1 is 0.893 bits per heavy atom. The molecular formula is C25H24BrNO. The van der Waals surface area contributed by atoms with Gasteiger partial charge in [0.05, 0.1) is 12.3 Å². The Labute approximate surface area is 174 Å². The molecule has 28 heavy (non-hydrogen) atoms. The van der Waals surface area contributed by atoms with Crippen molar-refractivity contribution >= 4 is 26.8 Å². The molecule has 0 saturated heterocycles. The zero-order chi connectivity index (χ0) is 19.5. The summed E-state index contributed by atoms with van der Waals surface area (Å²) in [5.74, 6) is 0.913. The smallest absolute Gasteiger partial charge is 0.119 e. The molecule has 2 nitrogen and oxygen atoms in total. The van der Waals surface area contributed by atoms with Gasteiger partial charge in [0.15, 0.2) is 0 Å². The molecule has 3 aromatic carbocycles. The van der Waals surface area contributed by atoms with Crippen LogP contribution in [0.25, 0.3) is 22.2 Å². The van der Waals surface area contributed by atoms with Crippen LogP contribution < -0.4 is 4.74 Å². The minimum atomic E-state index is 0.679. The van der Waals surface area contributed by atoms with Crippen LogP contribution in [0.2, 0.25) is 0 Å². The molecular weight excluding hydrogens is 410 g/mol. The van der Waals surface area contributed by atoms with E-state index < -0.39 is 0 Å². The van der Waals surface area contributed by atoms with Crippen LogP contribution in [0.3, 0.4) is 0 Å². The Kier molecular flexibility index (Phi) is 5.54. The molecule has 4 rings (SSSR count). The Morgan fingerprint density at radius 3 is 2.36 bits per heavy atom. The van der Waals surface area contributed by atoms with E-state index in [1.807, 2.05) is 0 Å². The van der Waals surface area contributed by atoms with Crippen LogP contribution in [-0.2, 0) is 6.54 Å². The number of rotatable bonds is 6. The fourth-order valence-corrected chi connectivity index (χ4v) is 3.96. The van der Waals surface area contributed by atoms with Gasteiger partial charge in [-0.15, -0.1) is 0 Å². The highest BCUT2D eigenvalue weighted by molar-refractivity contribution is 9.09. The summed E-state index contributed by atoms with van der Waals surface area (Å²) in [7, 11) is 0. The van der Waals surface area contributed by atoms with Crippen LogP contribution >= 0.6 is 15.9 Å². The first-order valence-corrected chi connectivity index (χ1v) is 10.7. The van der Waals surface area contributed by atoms with Crippen molar-refractivity contribution in [1.29, 1.82) is 0 Å². The minimum absolute atomic E-state index is 0.679. The highest BCUT2D eigenvalue weighted by Crippen LogP contribution is 2.34. The van der Waals surface area contributed by atoms with Crippen molar-refractivity contribution in [3.8, 4) is 17.0 Å². The van der Waals surface area contributed by atoms with E-state index in [1.165, 1.54) is 38.9 Å². The maximum atomic E-state index is 5.69. The normalized spacial score (nSPS) is 11.1. The van der Waals surface area contributed by atoms with E-state index in [1.54, 1.807) is 0 Å². The number of aromatic nitrogens is 1. The third kappa shape index (κ3) is 3.72. The summed E-state index contributed by atoms with van der Waals surface area (Å²) < 4.78 is 8.13. The van der Waals surface area contributed by atoms with E-state index in [0.29, 0.717) is 6.61 Å². The predicted octanol–water partition coefficient (Wildman–Crippen LogP) is 6.75. The molecule has 1 heterocycles. The van der Waals surface area contributed by atoms with Crippen LogP contribution in [0.4, 0.5) is 0 Å². The number of ether oxygens (including phenoxy) is 1. The molecule has 4 aromatic rings. The zero-order valence-electron chi connectivity index (χ0n) is 16.3. The van der Waals surface area contributed by atoms with E-state index >= 15 is 0 Å². The highest BCUT2D eigenvalue weighted by Gasteiger charge is 2.16. The van der Waals surface area contributed by atoms with Crippen molar-refractivity contribution in [2.45, 2.75) is 20.4 Å². The SMILES string of the molecule is Cc1ccc2c(c1)c(C)c(-c1ccccc1)n2Cc1ccc(OCCBr)cc1. The van der Waals surface area contributed by atoms with Crippen molar-refractivity contribution in [2.24, 2.45) is 0 Å². The summed E-state index contributed by atoms with van der Waals surface area (Å²) in [6.45, 7) is 5.90. The van der Waals surface area contributed by atoms with Crippen molar-refractivity contribution in [3.63, 3.8) is 0 Å². The Balaban J connectivity index is 1.79. The molecule has 0 radical (unpaired) electrons. The van der Waals surface area contributed by atoms with Gasteiger partial charge in [0, 0.05) is 22.8 Å². The molecule has 0 aliphatic heterocycles. The molecule has 0 unspecified atom stereocenters. The summed E-state index contributed by atoms with van der Waals surface area (Å²) >= 11 is 3.40. The fourth-order valence-electron chi connectivity index (χ4n) is 3.80. The van der Waals surface area contributed by atoms with Crippen LogP contribution in [0, 0.1) is 13.8 Å². The van der Waals surface area contributed by atoms with E-state index in [-0.39, 0.29) is 0 Å². The van der Waals surface area contributed by atoms with Crippen LogP contribution in [0.1, 0.15) is 16.7 Å². The molecule has 0 spiro atoms. The Morgan fingerprint density at radius 2 is 1.64 bits per heavy atom. The molecule has 142 valence electrons. The second kappa shape index (κ2) is 8.24. The first-order valence-electron chi connectivity index (χ1n) is 9.60. The second-order valence-electron chi connectivity index (χ2n) is 7.13. The fraction of sp³-hybridized carbons (Fsp3) is 0.200. The van der Waals surface area contributed by atoms with E-state index in [9.17, 15) is 0 Å². The third-order valence-corrected chi connectivity index (χ3v) is 5.45. The summed E-state index contributed by atoms with van der Waals surface area (Å²) in [6.07, 6.45) is 0. The maximum Gasteiger partial charge on any atom is 0.119 e. The van der Waals surface area contributed by atoms with Gasteiger partial charge in [0.25, 0.3) is 0 Å². The summed E-state index contributed by atoms with van der Waals surface area (Å²) in [5, 5.41) is 2.17. The standard InChI is InChI=1S/C25H24BrNO/c1-18-8-13-24-23(16-18)19(2)25(21-6-4-3-5-7-21)27(24)17-20-9-11-22(12-10-20)28-15-14-26/h3-13,16H,14-15,17H2,1-2H3. The van der Waals surface area contributed by atoms with E-state index in [4.69, 9.17) is 4.74 Å². The van der Waals surface area contributed by atoms with E-state index in [0.717, 1.165) is 17.6 Å². The number of aryl methyl sites for hydroxylation is 2. The number of benzene rings is 3. The molecule has 0 amide bonds. The summed E-state index contributed by atoms with van der Waals surface area (Å²) in [5.41, 5.74) is 7.72. The van der Waals surface area contributed by atoms with Gasteiger partial charge in [-0.1, -0.05) is 70.0 Å². The van der Waals surface area contributed by atoms with Gasteiger partial charge in [-0.3, -0.25) is 0 Å². The van der Waals surface area contributed by atoms with Gasteiger partial charge in [-0.05, 0) is 54.8 Å². The zero-order valence-corrected chi connectivity index (χ0v) is 17.9. The highest BCUT2D eigenvalue weighted by atomic mass is 79.9. The largest absolute Gasteiger partial charge is 0.493 e. The Hall–Kier alpha value is -2.52. The number of hydrogen-bond acceptors (Lipinski definition) is 1. The summed E-state index contributed by atoms with van der Waals surface area (Å²) in [4.78, 5) is 0. The molecule has 3 heteroatoms. The average Bonchev–Trinajstić information content (AvgIpc) is 2.99. The lowest BCUT2D eigenvalue weighted by Gasteiger charge is -2.13. The molecule has 0 aliphatic rings. The number of hydrogen-bond donors (Lipinski definition) is 0. The second-order valence-corrected chi connectivity index (χ2v) is 7.92. The molecule has 0 saturated carbocycles. The molecule has 0 aliphatic carbocycles.